The first-order chi connectivity index (χ1) is 16.3. The van der Waals surface area contributed by atoms with Crippen LogP contribution in [0.15, 0.2) is 63.0 Å². The molecule has 1 aromatic carbocycles. The van der Waals surface area contributed by atoms with E-state index in [-0.39, 0.29) is 48.5 Å². The molecule has 13 heteroatoms. The molecule has 0 aliphatic carbocycles. The molecule has 0 spiro atoms. The van der Waals surface area contributed by atoms with Gasteiger partial charge in [-0.25, -0.2) is 17.6 Å². The Morgan fingerprint density at radius 2 is 1.79 bits per heavy atom. The minimum Gasteiger partial charge on any atom is -0.336 e. The number of aromatic nitrogens is 5. The number of carbonyl (C=O) groups is 1. The number of aromatic amines is 1. The summed E-state index contributed by atoms with van der Waals surface area (Å²) in [4.78, 5) is 29.9. The van der Waals surface area contributed by atoms with E-state index < -0.39 is 10.0 Å². The minimum absolute atomic E-state index is 0.190. The van der Waals surface area contributed by atoms with Crippen LogP contribution in [-0.4, -0.2) is 74.1 Å². The lowest BCUT2D eigenvalue weighted by Crippen LogP contribution is -2.50. The zero-order valence-electron chi connectivity index (χ0n) is 18.0. The molecular weight excluding hydrogens is 526 g/mol. The maximum atomic E-state index is 13.2. The number of sulfonamides is 1. The smallest absolute Gasteiger partial charge is 0.276 e. The highest BCUT2D eigenvalue weighted by Gasteiger charge is 2.31. The first-order valence-corrected chi connectivity index (χ1v) is 12.7. The molecule has 1 aliphatic rings. The predicted molar refractivity (Wildman–Crippen MR) is 126 cm³/mol. The SMILES string of the molecule is Cc1c(C(=O)N2CCN(S(=O)(=O)c3ccc(Br)cc3)CC2)cnn1-c1nn2cccc2c(=O)[nH]1. The average Bonchev–Trinajstić information content (AvgIpc) is 3.46. The molecular formula is C21H20BrN7O4S. The van der Waals surface area contributed by atoms with E-state index >= 15 is 0 Å². The van der Waals surface area contributed by atoms with Crippen molar-refractivity contribution in [3.8, 4) is 5.95 Å². The number of halogens is 1. The van der Waals surface area contributed by atoms with Gasteiger partial charge < -0.3 is 4.90 Å². The van der Waals surface area contributed by atoms with Gasteiger partial charge in [0.25, 0.3) is 11.5 Å². The molecule has 0 radical (unpaired) electrons. The second-order valence-electron chi connectivity index (χ2n) is 7.82. The highest BCUT2D eigenvalue weighted by atomic mass is 79.9. The van der Waals surface area contributed by atoms with E-state index in [0.29, 0.717) is 16.8 Å². The van der Waals surface area contributed by atoms with E-state index in [1.807, 2.05) is 0 Å². The lowest BCUT2D eigenvalue weighted by Gasteiger charge is -2.34. The molecule has 1 amide bonds. The second kappa shape index (κ2) is 8.49. The van der Waals surface area contributed by atoms with Crippen molar-refractivity contribution >= 4 is 37.4 Å². The van der Waals surface area contributed by atoms with Gasteiger partial charge in [0, 0.05) is 36.8 Å². The average molecular weight is 546 g/mol. The van der Waals surface area contributed by atoms with Gasteiger partial charge in [0.1, 0.15) is 5.52 Å². The standard InChI is InChI=1S/C21H20BrN7O4S/c1-14-17(13-23-29(14)21-24-19(30)18-3-2-8-28(18)25-21)20(31)26-9-11-27(12-10-26)34(32,33)16-6-4-15(22)5-7-16/h2-8,13H,9-12H2,1H3,(H,24,25,30). The molecule has 0 unspecified atom stereocenters. The van der Waals surface area contributed by atoms with Gasteiger partial charge in [-0.2, -0.15) is 9.40 Å². The molecule has 3 aromatic heterocycles. The van der Waals surface area contributed by atoms with Gasteiger partial charge in [0.05, 0.1) is 22.3 Å². The van der Waals surface area contributed by atoms with Crippen LogP contribution < -0.4 is 5.56 Å². The fourth-order valence-electron chi connectivity index (χ4n) is 3.92. The number of rotatable bonds is 4. The zero-order valence-corrected chi connectivity index (χ0v) is 20.5. The van der Waals surface area contributed by atoms with E-state index in [2.05, 4.69) is 31.1 Å². The van der Waals surface area contributed by atoms with E-state index in [1.54, 1.807) is 54.4 Å². The van der Waals surface area contributed by atoms with Crippen molar-refractivity contribution in [2.45, 2.75) is 11.8 Å². The molecule has 1 fully saturated rings. The van der Waals surface area contributed by atoms with E-state index in [0.717, 1.165) is 4.47 Å². The Morgan fingerprint density at radius 1 is 1.09 bits per heavy atom. The van der Waals surface area contributed by atoms with Crippen molar-refractivity contribution in [2.75, 3.05) is 26.2 Å². The fourth-order valence-corrected chi connectivity index (χ4v) is 5.60. The van der Waals surface area contributed by atoms with Gasteiger partial charge in [0.2, 0.25) is 16.0 Å². The summed E-state index contributed by atoms with van der Waals surface area (Å²) in [6.45, 7) is 2.61. The van der Waals surface area contributed by atoms with Gasteiger partial charge in [-0.05, 0) is 43.3 Å². The normalized spacial score (nSPS) is 15.2. The van der Waals surface area contributed by atoms with Crippen molar-refractivity contribution in [1.82, 2.24) is 33.6 Å². The monoisotopic (exact) mass is 545 g/mol. The summed E-state index contributed by atoms with van der Waals surface area (Å²) in [6.07, 6.45) is 3.09. The first kappa shape index (κ1) is 22.5. The quantitative estimate of drug-likeness (QED) is 0.413. The predicted octanol–water partition coefficient (Wildman–Crippen LogP) is 1.43. The molecule has 0 atom stereocenters. The Kier molecular flexibility index (Phi) is 5.62. The second-order valence-corrected chi connectivity index (χ2v) is 10.7. The van der Waals surface area contributed by atoms with Crippen LogP contribution in [0.2, 0.25) is 0 Å². The number of amides is 1. The van der Waals surface area contributed by atoms with Crippen LogP contribution in [0.4, 0.5) is 0 Å². The molecule has 4 aromatic rings. The largest absolute Gasteiger partial charge is 0.336 e. The Bertz CT molecular complexity index is 1550. The number of piperazine rings is 1. The summed E-state index contributed by atoms with van der Waals surface area (Å²) >= 11 is 3.31. The summed E-state index contributed by atoms with van der Waals surface area (Å²) in [5, 5.41) is 8.59. The summed E-state index contributed by atoms with van der Waals surface area (Å²) in [7, 11) is -3.64. The summed E-state index contributed by atoms with van der Waals surface area (Å²) < 4.78 is 30.9. The molecule has 1 N–H and O–H groups in total. The highest BCUT2D eigenvalue weighted by molar-refractivity contribution is 9.10. The van der Waals surface area contributed by atoms with Crippen LogP contribution in [0.3, 0.4) is 0 Å². The molecule has 34 heavy (non-hydrogen) atoms. The number of benzene rings is 1. The number of hydrogen-bond donors (Lipinski definition) is 1. The summed E-state index contributed by atoms with van der Waals surface area (Å²) in [5.41, 5.74) is 0.964. The Labute approximate surface area is 202 Å². The number of nitrogens with zero attached hydrogens (tertiary/aromatic N) is 6. The maximum Gasteiger partial charge on any atom is 0.276 e. The number of hydrogen-bond acceptors (Lipinski definition) is 6. The number of carbonyl (C=O) groups excluding carboxylic acids is 1. The maximum absolute atomic E-state index is 13.2. The first-order valence-electron chi connectivity index (χ1n) is 10.4. The van der Waals surface area contributed by atoms with Gasteiger partial charge in [-0.1, -0.05) is 15.9 Å². The Balaban J connectivity index is 1.33. The van der Waals surface area contributed by atoms with Gasteiger partial charge >= 0.3 is 0 Å². The molecule has 0 bridgehead atoms. The molecule has 5 rings (SSSR count). The van der Waals surface area contributed by atoms with Crippen LogP contribution in [0.5, 0.6) is 0 Å². The van der Waals surface area contributed by atoms with Crippen molar-refractivity contribution in [2.24, 2.45) is 0 Å². The van der Waals surface area contributed by atoms with Crippen molar-refractivity contribution < 1.29 is 13.2 Å². The lowest BCUT2D eigenvalue weighted by molar-refractivity contribution is 0.0697. The fraction of sp³-hybridized carbons (Fsp3) is 0.238. The summed E-state index contributed by atoms with van der Waals surface area (Å²) in [5.74, 6) is -0.0653. The number of H-pyrrole nitrogens is 1. The van der Waals surface area contributed by atoms with Crippen molar-refractivity contribution in [1.29, 1.82) is 0 Å². The molecule has 1 saturated heterocycles. The van der Waals surface area contributed by atoms with Crippen LogP contribution >= 0.6 is 15.9 Å². The van der Waals surface area contributed by atoms with E-state index in [1.165, 1.54) is 19.7 Å². The molecule has 4 heterocycles. The van der Waals surface area contributed by atoms with Crippen LogP contribution in [0.1, 0.15) is 16.1 Å². The number of nitrogens with one attached hydrogen (secondary N) is 1. The molecule has 11 nitrogen and oxygen atoms in total. The highest BCUT2D eigenvalue weighted by Crippen LogP contribution is 2.21. The van der Waals surface area contributed by atoms with Crippen LogP contribution in [-0.2, 0) is 10.0 Å². The third-order valence-corrected chi connectivity index (χ3v) is 8.25. The third kappa shape index (κ3) is 3.85. The number of fused-ring (bicyclic) bond motifs is 1. The van der Waals surface area contributed by atoms with Crippen molar-refractivity contribution in [3.05, 3.63) is 74.9 Å². The molecule has 176 valence electrons. The topological polar surface area (TPSA) is 126 Å². The summed E-state index contributed by atoms with van der Waals surface area (Å²) in [6, 6.07) is 9.84. The van der Waals surface area contributed by atoms with Gasteiger partial charge in [-0.15, -0.1) is 5.10 Å². The van der Waals surface area contributed by atoms with E-state index in [9.17, 15) is 18.0 Å². The molecule has 0 saturated carbocycles. The zero-order chi connectivity index (χ0) is 24.0. The van der Waals surface area contributed by atoms with Gasteiger partial charge in [-0.3, -0.25) is 14.6 Å². The van der Waals surface area contributed by atoms with Crippen LogP contribution in [0, 0.1) is 6.92 Å². The Hall–Kier alpha value is -3.29. The Morgan fingerprint density at radius 3 is 2.50 bits per heavy atom. The van der Waals surface area contributed by atoms with Gasteiger partial charge in [0.15, 0.2) is 0 Å². The lowest BCUT2D eigenvalue weighted by atomic mass is 10.2. The third-order valence-electron chi connectivity index (χ3n) is 5.81. The minimum atomic E-state index is -3.64. The molecule has 1 aliphatic heterocycles. The van der Waals surface area contributed by atoms with Crippen LogP contribution in [0.25, 0.3) is 11.5 Å². The van der Waals surface area contributed by atoms with Crippen molar-refractivity contribution in [3.63, 3.8) is 0 Å². The van der Waals surface area contributed by atoms with E-state index in [4.69, 9.17) is 0 Å².